The first-order chi connectivity index (χ1) is 10.1. The highest BCUT2D eigenvalue weighted by Crippen LogP contribution is 2.22. The normalized spacial score (nSPS) is 11.0. The summed E-state index contributed by atoms with van der Waals surface area (Å²) < 4.78 is 15.2. The van der Waals surface area contributed by atoms with E-state index in [0.29, 0.717) is 17.6 Å². The van der Waals surface area contributed by atoms with Crippen molar-refractivity contribution in [3.05, 3.63) is 48.0 Å². The van der Waals surface area contributed by atoms with E-state index in [1.807, 2.05) is 50.2 Å². The molecule has 5 heteroatoms. The first-order valence-electron chi connectivity index (χ1n) is 6.91. The van der Waals surface area contributed by atoms with Gasteiger partial charge in [0.15, 0.2) is 5.65 Å². The molecule has 0 bridgehead atoms. The van der Waals surface area contributed by atoms with Crippen molar-refractivity contribution in [1.82, 2.24) is 14.6 Å². The first kappa shape index (κ1) is 13.5. The van der Waals surface area contributed by atoms with Crippen LogP contribution in [0.25, 0.3) is 16.9 Å². The van der Waals surface area contributed by atoms with Crippen molar-refractivity contribution in [3.63, 3.8) is 0 Å². The smallest absolute Gasteiger partial charge is 0.234 e. The number of hydrogen-bond donors (Lipinski definition) is 0. The Morgan fingerprint density at radius 3 is 2.52 bits per heavy atom. The standard InChI is InChI=1S/C16H17FN4/c1-4-11-9-15-18-14(10-21(15)19-16(11)17)12-5-7-13(8-6-12)20(2)3/h5-10H,4H2,1-3H3. The van der Waals surface area contributed by atoms with E-state index in [2.05, 4.69) is 10.1 Å². The van der Waals surface area contributed by atoms with Gasteiger partial charge in [-0.2, -0.15) is 4.39 Å². The van der Waals surface area contributed by atoms with Crippen LogP contribution in [0.5, 0.6) is 0 Å². The molecule has 0 spiro atoms. The van der Waals surface area contributed by atoms with Gasteiger partial charge in [-0.25, -0.2) is 9.50 Å². The molecule has 0 aliphatic heterocycles. The molecule has 4 nitrogen and oxygen atoms in total. The topological polar surface area (TPSA) is 33.4 Å². The summed E-state index contributed by atoms with van der Waals surface area (Å²) in [5, 5.41) is 3.92. The summed E-state index contributed by atoms with van der Waals surface area (Å²) in [4.78, 5) is 6.57. The lowest BCUT2D eigenvalue weighted by Gasteiger charge is -2.11. The van der Waals surface area contributed by atoms with Crippen LogP contribution >= 0.6 is 0 Å². The molecule has 3 aromatic rings. The van der Waals surface area contributed by atoms with E-state index < -0.39 is 5.95 Å². The van der Waals surface area contributed by atoms with Gasteiger partial charge in [0.2, 0.25) is 5.95 Å². The van der Waals surface area contributed by atoms with Gasteiger partial charge < -0.3 is 4.90 Å². The van der Waals surface area contributed by atoms with Gasteiger partial charge in [-0.1, -0.05) is 19.1 Å². The Morgan fingerprint density at radius 1 is 1.19 bits per heavy atom. The van der Waals surface area contributed by atoms with Gasteiger partial charge in [0.25, 0.3) is 0 Å². The molecule has 21 heavy (non-hydrogen) atoms. The van der Waals surface area contributed by atoms with Gasteiger partial charge in [-0.3, -0.25) is 0 Å². The van der Waals surface area contributed by atoms with E-state index in [0.717, 1.165) is 16.9 Å². The second-order valence-corrected chi connectivity index (χ2v) is 5.18. The lowest BCUT2D eigenvalue weighted by atomic mass is 10.1. The number of fused-ring (bicyclic) bond motifs is 1. The number of benzene rings is 1. The third-order valence-corrected chi connectivity index (χ3v) is 3.54. The van der Waals surface area contributed by atoms with Crippen LogP contribution in [0.3, 0.4) is 0 Å². The zero-order valence-corrected chi connectivity index (χ0v) is 12.3. The molecule has 2 heterocycles. The van der Waals surface area contributed by atoms with E-state index in [9.17, 15) is 4.39 Å². The Bertz CT molecular complexity index is 775. The molecule has 0 radical (unpaired) electrons. The molecule has 0 unspecified atom stereocenters. The summed E-state index contributed by atoms with van der Waals surface area (Å²) in [6, 6.07) is 9.83. The number of anilines is 1. The predicted molar refractivity (Wildman–Crippen MR) is 82.1 cm³/mol. The molecule has 0 saturated carbocycles. The Labute approximate surface area is 122 Å². The summed E-state index contributed by atoms with van der Waals surface area (Å²) in [5.74, 6) is -0.433. The zero-order chi connectivity index (χ0) is 15.0. The Hall–Kier alpha value is -2.43. The third kappa shape index (κ3) is 2.46. The highest BCUT2D eigenvalue weighted by molar-refractivity contribution is 5.65. The van der Waals surface area contributed by atoms with Crippen molar-refractivity contribution in [2.24, 2.45) is 0 Å². The molecule has 108 valence electrons. The number of imidazole rings is 1. The fourth-order valence-corrected chi connectivity index (χ4v) is 2.26. The Morgan fingerprint density at radius 2 is 1.90 bits per heavy atom. The molecular formula is C16H17FN4. The maximum atomic E-state index is 13.7. The number of aryl methyl sites for hydroxylation is 1. The van der Waals surface area contributed by atoms with E-state index in [-0.39, 0.29) is 0 Å². The molecule has 2 aromatic heterocycles. The molecule has 0 aliphatic rings. The lowest BCUT2D eigenvalue weighted by molar-refractivity contribution is 0.541. The molecule has 3 rings (SSSR count). The summed E-state index contributed by atoms with van der Waals surface area (Å²) >= 11 is 0. The molecule has 0 saturated heterocycles. The summed E-state index contributed by atoms with van der Waals surface area (Å²) in [6.07, 6.45) is 2.36. The van der Waals surface area contributed by atoms with Crippen LogP contribution < -0.4 is 4.90 Å². The lowest BCUT2D eigenvalue weighted by Crippen LogP contribution is -2.07. The summed E-state index contributed by atoms with van der Waals surface area (Å²) in [7, 11) is 4.00. The highest BCUT2D eigenvalue weighted by atomic mass is 19.1. The number of halogens is 1. The van der Waals surface area contributed by atoms with Crippen LogP contribution in [-0.2, 0) is 6.42 Å². The molecular weight excluding hydrogens is 267 g/mol. The average molecular weight is 284 g/mol. The molecule has 0 amide bonds. The maximum absolute atomic E-state index is 13.7. The van der Waals surface area contributed by atoms with Crippen molar-refractivity contribution < 1.29 is 4.39 Å². The van der Waals surface area contributed by atoms with Gasteiger partial charge in [-0.15, -0.1) is 5.10 Å². The molecule has 0 fully saturated rings. The van der Waals surface area contributed by atoms with Gasteiger partial charge in [0, 0.05) is 30.9 Å². The highest BCUT2D eigenvalue weighted by Gasteiger charge is 2.09. The van der Waals surface area contributed by atoms with Crippen molar-refractivity contribution in [2.45, 2.75) is 13.3 Å². The van der Waals surface area contributed by atoms with Crippen LogP contribution in [0.2, 0.25) is 0 Å². The minimum atomic E-state index is -0.433. The number of hydrogen-bond acceptors (Lipinski definition) is 3. The summed E-state index contributed by atoms with van der Waals surface area (Å²) in [6.45, 7) is 1.90. The number of nitrogens with zero attached hydrogens (tertiary/aromatic N) is 4. The van der Waals surface area contributed by atoms with Crippen molar-refractivity contribution in [2.75, 3.05) is 19.0 Å². The van der Waals surface area contributed by atoms with Crippen LogP contribution in [0.4, 0.5) is 10.1 Å². The fourth-order valence-electron chi connectivity index (χ4n) is 2.26. The molecule has 0 atom stereocenters. The number of rotatable bonds is 3. The van der Waals surface area contributed by atoms with Gasteiger partial charge >= 0.3 is 0 Å². The molecule has 0 aliphatic carbocycles. The Balaban J connectivity index is 2.04. The largest absolute Gasteiger partial charge is 0.378 e. The zero-order valence-electron chi connectivity index (χ0n) is 12.3. The van der Waals surface area contributed by atoms with Crippen molar-refractivity contribution in [1.29, 1.82) is 0 Å². The number of aromatic nitrogens is 3. The molecule has 0 N–H and O–H groups in total. The van der Waals surface area contributed by atoms with Crippen molar-refractivity contribution >= 4 is 11.3 Å². The average Bonchev–Trinajstić information content (AvgIpc) is 2.89. The van der Waals surface area contributed by atoms with E-state index in [4.69, 9.17) is 0 Å². The van der Waals surface area contributed by atoms with Gasteiger partial charge in [0.1, 0.15) is 0 Å². The van der Waals surface area contributed by atoms with E-state index >= 15 is 0 Å². The van der Waals surface area contributed by atoms with Crippen LogP contribution in [0, 0.1) is 5.95 Å². The Kier molecular flexibility index (Phi) is 3.33. The van der Waals surface area contributed by atoms with Gasteiger partial charge in [0.05, 0.1) is 11.9 Å². The van der Waals surface area contributed by atoms with E-state index in [1.54, 1.807) is 12.3 Å². The summed E-state index contributed by atoms with van der Waals surface area (Å²) in [5.41, 5.74) is 4.16. The third-order valence-electron chi connectivity index (χ3n) is 3.54. The van der Waals surface area contributed by atoms with Crippen LogP contribution in [0.15, 0.2) is 36.5 Å². The quantitative estimate of drug-likeness (QED) is 0.740. The minimum Gasteiger partial charge on any atom is -0.378 e. The fraction of sp³-hybridized carbons (Fsp3) is 0.250. The SMILES string of the molecule is CCc1cc2nc(-c3ccc(N(C)C)cc3)cn2nc1F. The second kappa shape index (κ2) is 5.16. The first-order valence-corrected chi connectivity index (χ1v) is 6.91. The monoisotopic (exact) mass is 284 g/mol. The predicted octanol–water partition coefficient (Wildman–Crippen LogP) is 3.16. The van der Waals surface area contributed by atoms with Crippen LogP contribution in [0.1, 0.15) is 12.5 Å². The van der Waals surface area contributed by atoms with Crippen LogP contribution in [-0.4, -0.2) is 28.7 Å². The maximum Gasteiger partial charge on any atom is 0.234 e. The van der Waals surface area contributed by atoms with E-state index in [1.165, 1.54) is 4.52 Å². The van der Waals surface area contributed by atoms with Crippen molar-refractivity contribution in [3.8, 4) is 11.3 Å². The second-order valence-electron chi connectivity index (χ2n) is 5.18. The van der Waals surface area contributed by atoms with Gasteiger partial charge in [-0.05, 0) is 24.6 Å². The molecule has 1 aromatic carbocycles. The minimum absolute atomic E-state index is 0.433.